The third-order valence-electron chi connectivity index (χ3n) is 9.87. The Balaban J connectivity index is 1.25. The molecule has 0 saturated heterocycles. The SMILES string of the molecule is c1ccc(P(c2ccccc2)c2ccc3oc4c5c(ccc4c3c2)C2(c3ccccc3-c3ccccc32)c2ccccc2-5)cc1. The summed E-state index contributed by atoms with van der Waals surface area (Å²) in [6.45, 7) is 0. The highest BCUT2D eigenvalue weighted by atomic mass is 31.1. The Morgan fingerprint density at radius 3 is 1.56 bits per heavy atom. The lowest BCUT2D eigenvalue weighted by Gasteiger charge is -2.30. The topological polar surface area (TPSA) is 13.1 Å². The zero-order valence-electron chi connectivity index (χ0n) is 24.4. The van der Waals surface area contributed by atoms with Crippen molar-refractivity contribution in [1.82, 2.24) is 0 Å². The highest BCUT2D eigenvalue weighted by Crippen LogP contribution is 2.63. The van der Waals surface area contributed by atoms with Crippen LogP contribution in [0.25, 0.3) is 44.2 Å². The smallest absolute Gasteiger partial charge is 0.143 e. The highest BCUT2D eigenvalue weighted by Gasteiger charge is 2.52. The van der Waals surface area contributed by atoms with Crippen molar-refractivity contribution in [2.24, 2.45) is 0 Å². The van der Waals surface area contributed by atoms with Gasteiger partial charge in [-0.1, -0.05) is 152 Å². The summed E-state index contributed by atoms with van der Waals surface area (Å²) in [5.74, 6) is 0. The lowest BCUT2D eigenvalue weighted by atomic mass is 9.70. The molecule has 0 atom stereocenters. The molecule has 0 aliphatic heterocycles. The molecule has 2 heteroatoms. The van der Waals surface area contributed by atoms with Crippen LogP contribution in [0, 0.1) is 0 Å². The molecule has 8 aromatic rings. The molecule has 0 radical (unpaired) electrons. The van der Waals surface area contributed by atoms with Crippen molar-refractivity contribution in [3.63, 3.8) is 0 Å². The Labute approximate surface area is 263 Å². The van der Waals surface area contributed by atoms with Crippen molar-refractivity contribution >= 4 is 45.8 Å². The summed E-state index contributed by atoms with van der Waals surface area (Å²) in [5.41, 5.74) is 12.0. The second-order valence-corrected chi connectivity index (χ2v) is 14.3. The van der Waals surface area contributed by atoms with E-state index in [9.17, 15) is 0 Å². The van der Waals surface area contributed by atoms with Gasteiger partial charge < -0.3 is 4.42 Å². The molecule has 0 saturated carbocycles. The average molecular weight is 591 g/mol. The Kier molecular flexibility index (Phi) is 5.24. The zero-order chi connectivity index (χ0) is 29.5. The molecule has 0 amide bonds. The minimum atomic E-state index is -0.715. The first-order chi connectivity index (χ1) is 22.3. The van der Waals surface area contributed by atoms with Crippen molar-refractivity contribution in [2.75, 3.05) is 0 Å². The number of furan rings is 1. The van der Waals surface area contributed by atoms with Crippen LogP contribution in [-0.4, -0.2) is 0 Å². The van der Waals surface area contributed by atoms with Crippen LogP contribution in [0.1, 0.15) is 22.3 Å². The van der Waals surface area contributed by atoms with E-state index < -0.39 is 7.92 Å². The number of fused-ring (bicyclic) bond motifs is 14. The molecule has 2 aliphatic rings. The van der Waals surface area contributed by atoms with Crippen LogP contribution in [0.15, 0.2) is 168 Å². The highest BCUT2D eigenvalue weighted by molar-refractivity contribution is 7.79. The standard InChI is InChI=1S/C43H27OP/c1-3-13-28(14-4-1)45(29-15-5-2-6-16-29)30-23-26-40-35(27-30)33-24-25-39-41(42(33)44-40)34-19-9-12-22-38(34)43(39)36-20-10-7-17-31(36)32-18-8-11-21-37(32)43/h1-27H. The first kappa shape index (κ1) is 25.1. The molecule has 45 heavy (non-hydrogen) atoms. The summed E-state index contributed by atoms with van der Waals surface area (Å²) in [5, 5.41) is 6.37. The molecule has 0 unspecified atom stereocenters. The Bertz CT molecular complexity index is 2350. The summed E-state index contributed by atoms with van der Waals surface area (Å²) in [6.07, 6.45) is 0. The van der Waals surface area contributed by atoms with E-state index in [1.165, 1.54) is 71.2 Å². The van der Waals surface area contributed by atoms with Crippen molar-refractivity contribution in [2.45, 2.75) is 5.41 Å². The summed E-state index contributed by atoms with van der Waals surface area (Å²) >= 11 is 0. The summed E-state index contributed by atoms with van der Waals surface area (Å²) < 4.78 is 6.88. The van der Waals surface area contributed by atoms with Crippen molar-refractivity contribution in [1.29, 1.82) is 0 Å². The number of hydrogen-bond acceptors (Lipinski definition) is 1. The van der Waals surface area contributed by atoms with Crippen LogP contribution >= 0.6 is 7.92 Å². The molecule has 1 spiro atoms. The fraction of sp³-hybridized carbons (Fsp3) is 0.0233. The van der Waals surface area contributed by atoms with E-state index in [1.807, 2.05) is 0 Å². The van der Waals surface area contributed by atoms with Gasteiger partial charge in [0.1, 0.15) is 11.2 Å². The lowest BCUT2D eigenvalue weighted by molar-refractivity contribution is 0.669. The van der Waals surface area contributed by atoms with Crippen LogP contribution < -0.4 is 15.9 Å². The van der Waals surface area contributed by atoms with E-state index in [4.69, 9.17) is 4.42 Å². The summed E-state index contributed by atoms with van der Waals surface area (Å²) in [6, 6.07) is 60.3. The van der Waals surface area contributed by atoms with Gasteiger partial charge in [0.25, 0.3) is 0 Å². The molecule has 7 aromatic carbocycles. The number of benzene rings is 7. The van der Waals surface area contributed by atoms with Gasteiger partial charge in [-0.05, 0) is 74.9 Å². The van der Waals surface area contributed by atoms with E-state index in [0.29, 0.717) is 0 Å². The van der Waals surface area contributed by atoms with E-state index in [2.05, 4.69) is 164 Å². The Morgan fingerprint density at radius 1 is 0.400 bits per heavy atom. The molecular weight excluding hydrogens is 563 g/mol. The molecule has 0 bridgehead atoms. The van der Waals surface area contributed by atoms with Gasteiger partial charge in [-0.25, -0.2) is 0 Å². The van der Waals surface area contributed by atoms with Crippen LogP contribution in [0.2, 0.25) is 0 Å². The molecule has 2 aliphatic carbocycles. The van der Waals surface area contributed by atoms with Crippen LogP contribution in [0.4, 0.5) is 0 Å². The summed E-state index contributed by atoms with van der Waals surface area (Å²) in [7, 11) is -0.715. The van der Waals surface area contributed by atoms with Gasteiger partial charge in [0.05, 0.1) is 5.41 Å². The number of hydrogen-bond donors (Lipinski definition) is 0. The van der Waals surface area contributed by atoms with Crippen LogP contribution in [0.3, 0.4) is 0 Å². The third-order valence-corrected chi connectivity index (χ3v) is 12.3. The molecule has 0 fully saturated rings. The van der Waals surface area contributed by atoms with E-state index in [1.54, 1.807) is 0 Å². The molecule has 210 valence electrons. The quantitative estimate of drug-likeness (QED) is 0.187. The van der Waals surface area contributed by atoms with Gasteiger partial charge in [-0.3, -0.25) is 0 Å². The van der Waals surface area contributed by atoms with Gasteiger partial charge in [0.15, 0.2) is 0 Å². The molecular formula is C43H27OP. The van der Waals surface area contributed by atoms with Crippen molar-refractivity contribution in [3.05, 3.63) is 186 Å². The van der Waals surface area contributed by atoms with Gasteiger partial charge in [-0.2, -0.15) is 0 Å². The normalized spacial score (nSPS) is 13.7. The average Bonchev–Trinajstić information content (AvgIpc) is 3.73. The Hall–Kier alpha value is -5.23. The van der Waals surface area contributed by atoms with Gasteiger partial charge in [0.2, 0.25) is 0 Å². The maximum atomic E-state index is 6.88. The monoisotopic (exact) mass is 590 g/mol. The fourth-order valence-corrected chi connectivity index (χ4v) is 10.5. The minimum Gasteiger partial charge on any atom is -0.455 e. The first-order valence-corrected chi connectivity index (χ1v) is 16.9. The minimum absolute atomic E-state index is 0.369. The van der Waals surface area contributed by atoms with Gasteiger partial charge in [0, 0.05) is 16.3 Å². The molecule has 1 nitrogen and oxygen atoms in total. The predicted octanol–water partition coefficient (Wildman–Crippen LogP) is 9.69. The maximum Gasteiger partial charge on any atom is 0.143 e. The Morgan fingerprint density at radius 2 is 0.933 bits per heavy atom. The largest absolute Gasteiger partial charge is 0.455 e. The summed E-state index contributed by atoms with van der Waals surface area (Å²) in [4.78, 5) is 0. The maximum absolute atomic E-state index is 6.88. The number of rotatable bonds is 3. The van der Waals surface area contributed by atoms with E-state index in [-0.39, 0.29) is 5.41 Å². The van der Waals surface area contributed by atoms with Crippen molar-refractivity contribution < 1.29 is 4.42 Å². The first-order valence-electron chi connectivity index (χ1n) is 15.5. The van der Waals surface area contributed by atoms with E-state index in [0.717, 1.165) is 11.2 Å². The van der Waals surface area contributed by atoms with Crippen LogP contribution in [-0.2, 0) is 5.41 Å². The fourth-order valence-electron chi connectivity index (χ4n) is 8.14. The molecule has 1 heterocycles. The van der Waals surface area contributed by atoms with Crippen LogP contribution in [0.5, 0.6) is 0 Å². The van der Waals surface area contributed by atoms with Gasteiger partial charge in [-0.15, -0.1) is 0 Å². The second kappa shape index (κ2) is 9.38. The van der Waals surface area contributed by atoms with Gasteiger partial charge >= 0.3 is 0 Å². The second-order valence-electron chi connectivity index (χ2n) is 12.0. The van der Waals surface area contributed by atoms with E-state index >= 15 is 0 Å². The third kappa shape index (κ3) is 3.31. The molecule has 1 aromatic heterocycles. The predicted molar refractivity (Wildman–Crippen MR) is 189 cm³/mol. The molecule has 0 N–H and O–H groups in total. The zero-order valence-corrected chi connectivity index (χ0v) is 25.3. The lowest BCUT2D eigenvalue weighted by Crippen LogP contribution is -2.25. The molecule has 10 rings (SSSR count). The van der Waals surface area contributed by atoms with Crippen molar-refractivity contribution in [3.8, 4) is 22.3 Å².